The Morgan fingerprint density at radius 1 is 1.65 bits per heavy atom. The number of nitrogens with one attached hydrogen (secondary N) is 1. The van der Waals surface area contributed by atoms with Crippen molar-refractivity contribution < 1.29 is 19.1 Å². The number of ether oxygens (including phenoxy) is 1. The topological polar surface area (TPSA) is 75.7 Å². The number of rotatable bonds is 4. The summed E-state index contributed by atoms with van der Waals surface area (Å²) in [5, 5.41) is 2.40. The van der Waals surface area contributed by atoms with E-state index >= 15 is 0 Å². The summed E-state index contributed by atoms with van der Waals surface area (Å²) in [6, 6.07) is -0.597. The number of esters is 1. The molecule has 0 aromatic carbocycles. The Kier molecular flexibility index (Phi) is 4.23. The molecular weight excluding hydrogens is 280 g/mol. The quantitative estimate of drug-likeness (QED) is 0.571. The molecule has 6 nitrogen and oxygen atoms in total. The zero-order valence-corrected chi connectivity index (χ0v) is 12.0. The van der Waals surface area contributed by atoms with Crippen LogP contribution in [0.1, 0.15) is 19.8 Å². The van der Waals surface area contributed by atoms with Crippen LogP contribution in [-0.4, -0.2) is 52.5 Å². The van der Waals surface area contributed by atoms with Crippen molar-refractivity contribution in [3.05, 3.63) is 0 Å². The zero-order chi connectivity index (χ0) is 14.8. The van der Waals surface area contributed by atoms with Crippen LogP contribution in [0.5, 0.6) is 0 Å². The number of carbonyl (C=O) groups is 3. The van der Waals surface area contributed by atoms with E-state index in [-0.39, 0.29) is 23.9 Å². The third-order valence-corrected chi connectivity index (χ3v) is 4.96. The maximum Gasteiger partial charge on any atom is 0.330 e. The van der Waals surface area contributed by atoms with Crippen LogP contribution in [0.15, 0.2) is 0 Å². The second-order valence-corrected chi connectivity index (χ2v) is 6.36. The van der Waals surface area contributed by atoms with Crippen LogP contribution >= 0.6 is 11.8 Å². The molecule has 1 N–H and O–H groups in total. The molecule has 0 spiro atoms. The van der Waals surface area contributed by atoms with E-state index in [0.717, 1.165) is 6.42 Å². The fourth-order valence-corrected chi connectivity index (χ4v) is 3.85. The van der Waals surface area contributed by atoms with Crippen LogP contribution < -0.4 is 5.32 Å². The first-order valence-corrected chi connectivity index (χ1v) is 7.29. The van der Waals surface area contributed by atoms with Gasteiger partial charge in [0.05, 0.1) is 11.4 Å². The smallest absolute Gasteiger partial charge is 0.330 e. The number of nitrogens with zero attached hydrogens (tertiary/aromatic N) is 1. The number of terminal acetylenes is 1. The number of amides is 2. The van der Waals surface area contributed by atoms with Crippen molar-refractivity contribution in [3.63, 3.8) is 0 Å². The SMILES string of the molecule is C#CCNC(=O)COC(=O)[C@@H]1CS[C@]2(C)CCC(=O)N12. The molecule has 7 heteroatoms. The van der Waals surface area contributed by atoms with Gasteiger partial charge in [-0.2, -0.15) is 0 Å². The minimum absolute atomic E-state index is 0.0313. The van der Waals surface area contributed by atoms with Gasteiger partial charge >= 0.3 is 5.97 Å². The fraction of sp³-hybridized carbons (Fsp3) is 0.615. The molecule has 0 aliphatic carbocycles. The summed E-state index contributed by atoms with van der Waals surface area (Å²) in [5.74, 6) is 1.75. The molecule has 0 unspecified atom stereocenters. The van der Waals surface area contributed by atoms with Crippen molar-refractivity contribution in [2.75, 3.05) is 18.9 Å². The van der Waals surface area contributed by atoms with Gasteiger partial charge in [-0.05, 0) is 13.3 Å². The maximum atomic E-state index is 12.0. The second kappa shape index (κ2) is 5.75. The highest BCUT2D eigenvalue weighted by Gasteiger charge is 2.53. The molecule has 2 aliphatic rings. The molecule has 2 fully saturated rings. The molecule has 0 saturated carbocycles. The van der Waals surface area contributed by atoms with Gasteiger partial charge < -0.3 is 15.0 Å². The molecule has 2 amide bonds. The molecule has 2 saturated heterocycles. The van der Waals surface area contributed by atoms with E-state index in [1.54, 1.807) is 16.7 Å². The summed E-state index contributed by atoms with van der Waals surface area (Å²) >= 11 is 1.58. The Morgan fingerprint density at radius 2 is 2.40 bits per heavy atom. The van der Waals surface area contributed by atoms with Crippen molar-refractivity contribution in [1.29, 1.82) is 0 Å². The molecular formula is C13H16N2O4S. The van der Waals surface area contributed by atoms with Crippen molar-refractivity contribution in [2.24, 2.45) is 0 Å². The van der Waals surface area contributed by atoms with Gasteiger partial charge in [0, 0.05) is 12.2 Å². The molecule has 0 bridgehead atoms. The third-order valence-electron chi connectivity index (χ3n) is 3.45. The van der Waals surface area contributed by atoms with E-state index in [9.17, 15) is 14.4 Å². The summed E-state index contributed by atoms with van der Waals surface area (Å²) in [5.41, 5.74) is 0. The first-order chi connectivity index (χ1) is 9.48. The average Bonchev–Trinajstić information content (AvgIpc) is 2.91. The van der Waals surface area contributed by atoms with E-state index in [1.807, 2.05) is 6.92 Å². The lowest BCUT2D eigenvalue weighted by atomic mass is 10.2. The fourth-order valence-electron chi connectivity index (χ4n) is 2.43. The summed E-state index contributed by atoms with van der Waals surface area (Å²) in [7, 11) is 0. The minimum atomic E-state index is -0.597. The van der Waals surface area contributed by atoms with Gasteiger partial charge in [0.1, 0.15) is 6.04 Å². The Balaban J connectivity index is 1.89. The normalized spacial score (nSPS) is 27.9. The van der Waals surface area contributed by atoms with E-state index in [0.29, 0.717) is 12.2 Å². The van der Waals surface area contributed by atoms with Crippen molar-refractivity contribution >= 4 is 29.5 Å². The van der Waals surface area contributed by atoms with Crippen LogP contribution in [0.3, 0.4) is 0 Å². The molecule has 20 heavy (non-hydrogen) atoms. The molecule has 2 atom stereocenters. The predicted molar refractivity (Wildman–Crippen MR) is 73.5 cm³/mol. The molecule has 0 radical (unpaired) electrons. The van der Waals surface area contributed by atoms with Gasteiger partial charge in [0.2, 0.25) is 5.91 Å². The first-order valence-electron chi connectivity index (χ1n) is 6.31. The number of thioether (sulfide) groups is 1. The molecule has 2 aliphatic heterocycles. The summed E-state index contributed by atoms with van der Waals surface area (Å²) in [6.07, 6.45) is 6.19. The zero-order valence-electron chi connectivity index (χ0n) is 11.2. The third kappa shape index (κ3) is 2.75. The van der Waals surface area contributed by atoms with Gasteiger partial charge in [0.25, 0.3) is 5.91 Å². The van der Waals surface area contributed by atoms with E-state index in [1.165, 1.54) is 0 Å². The molecule has 2 rings (SSSR count). The standard InChI is InChI=1S/C13H16N2O4S/c1-3-6-14-10(16)7-19-12(18)9-8-20-13(2)5-4-11(17)15(9)13/h1,9H,4-8H2,2H3,(H,14,16)/t9-,13+/m0/s1. The maximum absolute atomic E-state index is 12.0. The highest BCUT2D eigenvalue weighted by atomic mass is 32.2. The first kappa shape index (κ1) is 14.7. The highest BCUT2D eigenvalue weighted by Crippen LogP contribution is 2.47. The number of hydrogen-bond donors (Lipinski definition) is 1. The average molecular weight is 296 g/mol. The monoisotopic (exact) mass is 296 g/mol. The molecule has 0 aromatic rings. The largest absolute Gasteiger partial charge is 0.454 e. The molecule has 108 valence electrons. The Labute approximate surface area is 121 Å². The van der Waals surface area contributed by atoms with Crippen LogP contribution in [0.4, 0.5) is 0 Å². The Morgan fingerprint density at radius 3 is 3.10 bits per heavy atom. The van der Waals surface area contributed by atoms with Gasteiger partial charge in [-0.3, -0.25) is 9.59 Å². The Bertz CT molecular complexity index is 487. The molecule has 0 aromatic heterocycles. The van der Waals surface area contributed by atoms with Crippen molar-refractivity contribution in [1.82, 2.24) is 10.2 Å². The van der Waals surface area contributed by atoms with E-state index in [4.69, 9.17) is 11.2 Å². The van der Waals surface area contributed by atoms with Crippen molar-refractivity contribution in [2.45, 2.75) is 30.7 Å². The lowest BCUT2D eigenvalue weighted by Gasteiger charge is -2.29. The van der Waals surface area contributed by atoms with Crippen LogP contribution in [0, 0.1) is 12.3 Å². The van der Waals surface area contributed by atoms with Gasteiger partial charge in [-0.1, -0.05) is 5.92 Å². The lowest BCUT2D eigenvalue weighted by Crippen LogP contribution is -2.47. The summed E-state index contributed by atoms with van der Waals surface area (Å²) < 4.78 is 4.96. The lowest BCUT2D eigenvalue weighted by molar-refractivity contribution is -0.156. The summed E-state index contributed by atoms with van der Waals surface area (Å²) in [6.45, 7) is 1.67. The van der Waals surface area contributed by atoms with Crippen LogP contribution in [0.2, 0.25) is 0 Å². The van der Waals surface area contributed by atoms with Gasteiger partial charge in [-0.15, -0.1) is 18.2 Å². The highest BCUT2D eigenvalue weighted by molar-refractivity contribution is 8.01. The van der Waals surface area contributed by atoms with E-state index in [2.05, 4.69) is 11.2 Å². The van der Waals surface area contributed by atoms with Crippen molar-refractivity contribution in [3.8, 4) is 12.3 Å². The van der Waals surface area contributed by atoms with Crippen LogP contribution in [0.25, 0.3) is 0 Å². The number of fused-ring (bicyclic) bond motifs is 1. The molecule has 2 heterocycles. The second-order valence-electron chi connectivity index (χ2n) is 4.85. The number of hydrogen-bond acceptors (Lipinski definition) is 5. The number of carbonyl (C=O) groups excluding carboxylic acids is 3. The Hall–Kier alpha value is -1.68. The van der Waals surface area contributed by atoms with Gasteiger partial charge in [-0.25, -0.2) is 4.79 Å². The minimum Gasteiger partial charge on any atom is -0.454 e. The summed E-state index contributed by atoms with van der Waals surface area (Å²) in [4.78, 5) is 36.5. The predicted octanol–water partition coefficient (Wildman–Crippen LogP) is -0.267. The van der Waals surface area contributed by atoms with E-state index < -0.39 is 17.9 Å². The van der Waals surface area contributed by atoms with Crippen LogP contribution in [-0.2, 0) is 19.1 Å². The van der Waals surface area contributed by atoms with Gasteiger partial charge in [0.15, 0.2) is 6.61 Å².